The van der Waals surface area contributed by atoms with Crippen LogP contribution in [0.3, 0.4) is 0 Å². The fourth-order valence-corrected chi connectivity index (χ4v) is 2.26. The van der Waals surface area contributed by atoms with Crippen molar-refractivity contribution in [3.63, 3.8) is 0 Å². The zero-order valence-electron chi connectivity index (χ0n) is 7.47. The Labute approximate surface area is 73.0 Å². The summed E-state index contributed by atoms with van der Waals surface area (Å²) < 4.78 is 0. The van der Waals surface area contributed by atoms with Crippen LogP contribution in [0.2, 0.25) is 0 Å². The SMILES string of the molecule is CC(=O)C1=CCC[C@H]2CC[C@H]1N2. The lowest BCUT2D eigenvalue weighted by molar-refractivity contribution is -0.113. The fourth-order valence-electron chi connectivity index (χ4n) is 2.26. The zero-order chi connectivity index (χ0) is 8.55. The molecule has 12 heavy (non-hydrogen) atoms. The monoisotopic (exact) mass is 165 g/mol. The number of hydrogen-bond acceptors (Lipinski definition) is 2. The molecule has 1 fully saturated rings. The second-order valence-electron chi connectivity index (χ2n) is 3.79. The van der Waals surface area contributed by atoms with E-state index in [1.807, 2.05) is 0 Å². The van der Waals surface area contributed by atoms with E-state index < -0.39 is 0 Å². The van der Waals surface area contributed by atoms with Gasteiger partial charge in [-0.2, -0.15) is 0 Å². The molecule has 0 unspecified atom stereocenters. The minimum Gasteiger partial charge on any atom is -0.307 e. The summed E-state index contributed by atoms with van der Waals surface area (Å²) in [7, 11) is 0. The van der Waals surface area contributed by atoms with Crippen LogP contribution >= 0.6 is 0 Å². The molecule has 0 amide bonds. The molecule has 2 nitrogen and oxygen atoms in total. The number of nitrogens with one attached hydrogen (secondary N) is 1. The number of hydrogen-bond donors (Lipinski definition) is 1. The van der Waals surface area contributed by atoms with Crippen LogP contribution in [0.4, 0.5) is 0 Å². The van der Waals surface area contributed by atoms with Crippen LogP contribution in [0.5, 0.6) is 0 Å². The first-order valence-corrected chi connectivity index (χ1v) is 4.74. The Morgan fingerprint density at radius 1 is 1.50 bits per heavy atom. The molecular weight excluding hydrogens is 150 g/mol. The molecule has 2 atom stereocenters. The van der Waals surface area contributed by atoms with Crippen LogP contribution in [0.15, 0.2) is 11.6 Å². The van der Waals surface area contributed by atoms with E-state index in [9.17, 15) is 4.79 Å². The molecule has 0 aromatic heterocycles. The summed E-state index contributed by atoms with van der Waals surface area (Å²) in [6, 6.07) is 1.04. The number of rotatable bonds is 1. The number of fused-ring (bicyclic) bond motifs is 2. The zero-order valence-corrected chi connectivity index (χ0v) is 7.47. The largest absolute Gasteiger partial charge is 0.307 e. The van der Waals surface area contributed by atoms with Gasteiger partial charge in [0.05, 0.1) is 0 Å². The normalized spacial score (nSPS) is 34.2. The topological polar surface area (TPSA) is 29.1 Å². The van der Waals surface area contributed by atoms with Crippen LogP contribution in [0.1, 0.15) is 32.6 Å². The third-order valence-corrected chi connectivity index (χ3v) is 2.90. The van der Waals surface area contributed by atoms with E-state index in [2.05, 4.69) is 11.4 Å². The summed E-state index contributed by atoms with van der Waals surface area (Å²) in [5.74, 6) is 0.245. The Morgan fingerprint density at radius 2 is 2.33 bits per heavy atom. The molecule has 0 spiro atoms. The van der Waals surface area contributed by atoms with E-state index >= 15 is 0 Å². The van der Waals surface area contributed by atoms with Crippen molar-refractivity contribution in [1.29, 1.82) is 0 Å². The average Bonchev–Trinajstić information content (AvgIpc) is 2.30. The quantitative estimate of drug-likeness (QED) is 0.636. The summed E-state index contributed by atoms with van der Waals surface area (Å²) in [6.45, 7) is 1.67. The molecule has 2 heterocycles. The molecule has 0 aromatic carbocycles. The van der Waals surface area contributed by atoms with E-state index in [1.165, 1.54) is 12.8 Å². The molecule has 0 saturated carbocycles. The summed E-state index contributed by atoms with van der Waals surface area (Å²) in [6.07, 6.45) is 6.79. The van der Waals surface area contributed by atoms with Crippen molar-refractivity contribution < 1.29 is 4.79 Å². The van der Waals surface area contributed by atoms with Gasteiger partial charge in [-0.25, -0.2) is 0 Å². The summed E-state index contributed by atoms with van der Waals surface area (Å²) in [4.78, 5) is 11.2. The number of allylic oxidation sites excluding steroid dienone is 1. The highest BCUT2D eigenvalue weighted by Crippen LogP contribution is 2.26. The van der Waals surface area contributed by atoms with Gasteiger partial charge in [0.2, 0.25) is 0 Å². The van der Waals surface area contributed by atoms with Gasteiger partial charge in [-0.3, -0.25) is 4.79 Å². The van der Waals surface area contributed by atoms with Gasteiger partial charge in [-0.15, -0.1) is 0 Å². The van der Waals surface area contributed by atoms with Crippen LogP contribution in [-0.2, 0) is 4.79 Å². The second kappa shape index (κ2) is 3.02. The van der Waals surface area contributed by atoms with Gasteiger partial charge in [0.25, 0.3) is 0 Å². The first-order valence-electron chi connectivity index (χ1n) is 4.74. The van der Waals surface area contributed by atoms with Crippen LogP contribution in [0, 0.1) is 0 Å². The predicted molar refractivity (Wildman–Crippen MR) is 47.9 cm³/mol. The van der Waals surface area contributed by atoms with Gasteiger partial charge in [0.1, 0.15) is 0 Å². The van der Waals surface area contributed by atoms with Crippen molar-refractivity contribution in [3.8, 4) is 0 Å². The highest BCUT2D eigenvalue weighted by Gasteiger charge is 2.29. The Morgan fingerprint density at radius 3 is 3.08 bits per heavy atom. The molecule has 0 aliphatic carbocycles. The summed E-state index contributed by atoms with van der Waals surface area (Å²) in [5.41, 5.74) is 1.02. The van der Waals surface area contributed by atoms with Crippen molar-refractivity contribution >= 4 is 5.78 Å². The summed E-state index contributed by atoms with van der Waals surface area (Å²) >= 11 is 0. The second-order valence-corrected chi connectivity index (χ2v) is 3.79. The predicted octanol–water partition coefficient (Wildman–Crippen LogP) is 1.42. The number of carbonyl (C=O) groups excluding carboxylic acids is 1. The molecular formula is C10H15NO. The lowest BCUT2D eigenvalue weighted by Crippen LogP contribution is -2.30. The van der Waals surface area contributed by atoms with Gasteiger partial charge >= 0.3 is 0 Å². The van der Waals surface area contributed by atoms with Crippen molar-refractivity contribution in [3.05, 3.63) is 11.6 Å². The Balaban J connectivity index is 2.20. The maximum atomic E-state index is 11.2. The lowest BCUT2D eigenvalue weighted by atomic mass is 9.98. The van der Waals surface area contributed by atoms with E-state index in [1.54, 1.807) is 6.92 Å². The third kappa shape index (κ3) is 1.31. The van der Waals surface area contributed by atoms with Crippen LogP contribution in [0.25, 0.3) is 0 Å². The molecule has 2 aliphatic heterocycles. The first-order chi connectivity index (χ1) is 5.77. The average molecular weight is 165 g/mol. The van der Waals surface area contributed by atoms with Crippen molar-refractivity contribution in [2.24, 2.45) is 0 Å². The Bertz CT molecular complexity index is 232. The Hall–Kier alpha value is -0.630. The summed E-state index contributed by atoms with van der Waals surface area (Å²) in [5, 5.41) is 3.50. The van der Waals surface area contributed by atoms with Crippen molar-refractivity contribution in [2.75, 3.05) is 0 Å². The van der Waals surface area contributed by atoms with Gasteiger partial charge < -0.3 is 5.32 Å². The van der Waals surface area contributed by atoms with Crippen molar-refractivity contribution in [1.82, 2.24) is 5.32 Å². The van der Waals surface area contributed by atoms with Gasteiger partial charge in [0.15, 0.2) is 5.78 Å². The van der Waals surface area contributed by atoms with E-state index in [4.69, 9.17) is 0 Å². The van der Waals surface area contributed by atoms with Gasteiger partial charge in [0, 0.05) is 17.7 Å². The maximum absolute atomic E-state index is 11.2. The molecule has 2 heteroatoms. The lowest BCUT2D eigenvalue weighted by Gasteiger charge is -2.11. The minimum absolute atomic E-state index is 0.245. The van der Waals surface area contributed by atoms with Crippen molar-refractivity contribution in [2.45, 2.75) is 44.7 Å². The van der Waals surface area contributed by atoms with E-state index in [-0.39, 0.29) is 5.78 Å². The highest BCUT2D eigenvalue weighted by atomic mass is 16.1. The standard InChI is InChI=1S/C10H15NO/c1-7(12)9-4-2-3-8-5-6-10(9)11-8/h4,8,10-11H,2-3,5-6H2,1H3/t8-,10+/m0/s1. The Kier molecular flexibility index (Phi) is 2.01. The minimum atomic E-state index is 0.245. The molecule has 2 aliphatic rings. The molecule has 2 rings (SSSR count). The smallest absolute Gasteiger partial charge is 0.157 e. The first kappa shape index (κ1) is 7.99. The molecule has 1 saturated heterocycles. The van der Waals surface area contributed by atoms with E-state index in [0.29, 0.717) is 12.1 Å². The fraction of sp³-hybridized carbons (Fsp3) is 0.700. The third-order valence-electron chi connectivity index (χ3n) is 2.90. The molecule has 2 bridgehead atoms. The van der Waals surface area contributed by atoms with Crippen LogP contribution < -0.4 is 5.32 Å². The van der Waals surface area contributed by atoms with Gasteiger partial charge in [-0.1, -0.05) is 6.08 Å². The molecule has 1 N–H and O–H groups in total. The molecule has 0 aromatic rings. The number of carbonyl (C=O) groups is 1. The van der Waals surface area contributed by atoms with Gasteiger partial charge in [-0.05, 0) is 32.6 Å². The number of Topliss-reactive ketones (excluding diaryl/α,β-unsaturated/α-hetero) is 1. The molecule has 66 valence electrons. The highest BCUT2D eigenvalue weighted by molar-refractivity contribution is 5.94. The maximum Gasteiger partial charge on any atom is 0.157 e. The van der Waals surface area contributed by atoms with Crippen LogP contribution in [-0.4, -0.2) is 17.9 Å². The van der Waals surface area contributed by atoms with E-state index in [0.717, 1.165) is 18.4 Å². The number of ketones is 1. The molecule has 0 radical (unpaired) electrons.